The fraction of sp³-hybridized carbons (Fsp3) is 0.0667. The summed E-state index contributed by atoms with van der Waals surface area (Å²) in [6.45, 7) is 0. The molecule has 0 aromatic heterocycles. The largest absolute Gasteiger partial charge is 0.272 e. The first-order valence-electron chi connectivity index (χ1n) is 16.3. The van der Waals surface area contributed by atoms with E-state index >= 15 is 0 Å². The van der Waals surface area contributed by atoms with Gasteiger partial charge in [-0.1, -0.05) is 188 Å². The minimum Gasteiger partial charge on any atom is -0.258 e. The third-order valence-corrected chi connectivity index (χ3v) is 9.33. The Morgan fingerprint density at radius 3 is 1.29 bits per heavy atom. The number of hydrogen-bond acceptors (Lipinski definition) is 2. The van der Waals surface area contributed by atoms with Gasteiger partial charge in [0.05, 0.1) is 10.3 Å². The van der Waals surface area contributed by atoms with Crippen LogP contribution in [0.3, 0.4) is 0 Å². The van der Waals surface area contributed by atoms with Gasteiger partial charge in [0.2, 0.25) is 0 Å². The van der Waals surface area contributed by atoms with Gasteiger partial charge in [-0.3, -0.25) is 10.1 Å². The highest BCUT2D eigenvalue weighted by Crippen LogP contribution is 2.45. The summed E-state index contributed by atoms with van der Waals surface area (Å²) in [4.78, 5) is 11.3. The van der Waals surface area contributed by atoms with Crippen LogP contribution in [-0.2, 0) is 11.8 Å². The van der Waals surface area contributed by atoms with E-state index in [9.17, 15) is 10.1 Å². The number of para-hydroxylation sites is 1. The van der Waals surface area contributed by atoms with Gasteiger partial charge in [0, 0.05) is 24.0 Å². The second-order valence-corrected chi connectivity index (χ2v) is 12.1. The van der Waals surface area contributed by atoms with Crippen LogP contribution in [0.15, 0.2) is 194 Å². The fourth-order valence-electron chi connectivity index (χ4n) is 7.10. The average molecular weight is 622 g/mol. The lowest BCUT2D eigenvalue weighted by Crippen LogP contribution is -2.31. The zero-order valence-corrected chi connectivity index (χ0v) is 26.5. The zero-order valence-electron chi connectivity index (χ0n) is 26.5. The Morgan fingerprint density at radius 2 is 0.812 bits per heavy atom. The second-order valence-electron chi connectivity index (χ2n) is 12.1. The van der Waals surface area contributed by atoms with Crippen LogP contribution in [0, 0.1) is 10.1 Å². The Labute approximate surface area is 282 Å². The van der Waals surface area contributed by atoms with Crippen LogP contribution in [0.25, 0.3) is 0 Å². The van der Waals surface area contributed by atoms with Crippen molar-refractivity contribution >= 4 is 5.69 Å². The monoisotopic (exact) mass is 621 g/mol. The summed E-state index contributed by atoms with van der Waals surface area (Å²) in [5, 5.41) is 11.6. The Kier molecular flexibility index (Phi) is 8.76. The van der Waals surface area contributed by atoms with E-state index in [1.807, 2.05) is 18.2 Å². The Bertz CT molecular complexity index is 2000. The molecule has 0 radical (unpaired) electrons. The van der Waals surface area contributed by atoms with Crippen LogP contribution < -0.4 is 0 Å². The van der Waals surface area contributed by atoms with E-state index < -0.39 is 5.41 Å². The molecule has 0 N–H and O–H groups in total. The van der Waals surface area contributed by atoms with Gasteiger partial charge in [-0.2, -0.15) is 0 Å². The van der Waals surface area contributed by atoms with Crippen LogP contribution in [0.1, 0.15) is 56.0 Å². The molecule has 7 aromatic carbocycles. The molecule has 0 saturated heterocycles. The van der Waals surface area contributed by atoms with Crippen LogP contribution in [0.2, 0.25) is 0 Å². The quantitative estimate of drug-likeness (QED) is 0.0866. The minimum absolute atomic E-state index is 0.0138. The average Bonchev–Trinajstić information content (AvgIpc) is 3.15. The van der Waals surface area contributed by atoms with Crippen molar-refractivity contribution < 1.29 is 4.92 Å². The Morgan fingerprint density at radius 1 is 0.438 bits per heavy atom. The molecule has 0 spiro atoms. The molecule has 0 fully saturated rings. The number of nitro benzene ring substituents is 1. The van der Waals surface area contributed by atoms with Gasteiger partial charge in [0.25, 0.3) is 5.69 Å². The summed E-state index contributed by atoms with van der Waals surface area (Å²) < 4.78 is 0. The number of hydrogen-bond donors (Lipinski definition) is 0. The lowest BCUT2D eigenvalue weighted by molar-refractivity contribution is -0.385. The Hall–Kier alpha value is -6.06. The van der Waals surface area contributed by atoms with E-state index in [-0.39, 0.29) is 16.5 Å². The Balaban J connectivity index is 1.32. The van der Waals surface area contributed by atoms with Crippen molar-refractivity contribution in [2.24, 2.45) is 0 Å². The maximum absolute atomic E-state index is 11.6. The topological polar surface area (TPSA) is 43.1 Å². The zero-order chi connectivity index (χ0) is 32.8. The molecule has 0 aliphatic carbocycles. The van der Waals surface area contributed by atoms with Crippen LogP contribution in [0.5, 0.6) is 0 Å². The molecule has 0 bridgehead atoms. The molecule has 0 aliphatic rings. The standard InChI is InChI=1S/C45H35NO2/c47-46(48)43-24-14-13-17-38(43)33-34-25-27-36(28-26-34)44(35-15-5-1-6-16-35)37-29-31-42(32-30-37)45(39-18-7-2-8-19-39,40-20-9-3-10-21-40)41-22-11-4-12-23-41/h1-32,44H,33H2. The molecule has 7 rings (SSSR count). The number of nitrogens with zero attached hydrogens (tertiary/aromatic N) is 1. The van der Waals surface area contributed by atoms with Crippen molar-refractivity contribution in [2.75, 3.05) is 0 Å². The van der Waals surface area contributed by atoms with Gasteiger partial charge < -0.3 is 0 Å². The third-order valence-electron chi connectivity index (χ3n) is 9.33. The summed E-state index contributed by atoms with van der Waals surface area (Å²) in [6, 6.07) is 67.5. The molecule has 48 heavy (non-hydrogen) atoms. The summed E-state index contributed by atoms with van der Waals surface area (Å²) in [5.41, 5.74) is 9.79. The maximum atomic E-state index is 11.6. The van der Waals surface area contributed by atoms with Crippen LogP contribution in [-0.4, -0.2) is 4.92 Å². The van der Waals surface area contributed by atoms with Gasteiger partial charge in [-0.25, -0.2) is 0 Å². The van der Waals surface area contributed by atoms with E-state index in [0.717, 1.165) is 5.56 Å². The summed E-state index contributed by atoms with van der Waals surface area (Å²) >= 11 is 0. The SMILES string of the molecule is O=[N+]([O-])c1ccccc1Cc1ccc(C(c2ccccc2)c2ccc(C(c3ccccc3)(c3ccccc3)c3ccccc3)cc2)cc1. The normalized spacial score (nSPS) is 11.9. The number of nitro groups is 1. The second kappa shape index (κ2) is 13.7. The van der Waals surface area contributed by atoms with Crippen LogP contribution in [0.4, 0.5) is 5.69 Å². The fourth-order valence-corrected chi connectivity index (χ4v) is 7.10. The minimum atomic E-state index is -0.508. The van der Waals surface area contributed by atoms with Gasteiger partial charge >= 0.3 is 0 Å². The van der Waals surface area contributed by atoms with E-state index in [1.165, 1.54) is 38.9 Å². The van der Waals surface area contributed by atoms with Gasteiger partial charge in [-0.15, -0.1) is 0 Å². The molecule has 7 aromatic rings. The number of benzene rings is 7. The predicted octanol–water partition coefficient (Wildman–Crippen LogP) is 10.7. The van der Waals surface area contributed by atoms with E-state index in [1.54, 1.807) is 12.1 Å². The summed E-state index contributed by atoms with van der Waals surface area (Å²) in [5.74, 6) is 0.0138. The lowest BCUT2D eigenvalue weighted by atomic mass is 9.65. The molecule has 1 unspecified atom stereocenters. The molecule has 232 valence electrons. The first kappa shape index (κ1) is 30.6. The van der Waals surface area contributed by atoms with Crippen molar-refractivity contribution in [1.82, 2.24) is 0 Å². The van der Waals surface area contributed by atoms with Crippen molar-refractivity contribution in [3.63, 3.8) is 0 Å². The molecule has 0 saturated carbocycles. The summed E-state index contributed by atoms with van der Waals surface area (Å²) in [6.07, 6.45) is 0.503. The number of rotatable bonds is 10. The summed E-state index contributed by atoms with van der Waals surface area (Å²) in [7, 11) is 0. The van der Waals surface area contributed by atoms with Gasteiger partial charge in [0.1, 0.15) is 0 Å². The highest BCUT2D eigenvalue weighted by molar-refractivity contribution is 5.60. The van der Waals surface area contributed by atoms with E-state index in [4.69, 9.17) is 0 Å². The molecule has 0 heterocycles. The van der Waals surface area contributed by atoms with Gasteiger partial charge in [-0.05, 0) is 44.5 Å². The molecule has 0 amide bonds. The van der Waals surface area contributed by atoms with Crippen molar-refractivity contribution in [3.05, 3.63) is 254 Å². The van der Waals surface area contributed by atoms with Gasteiger partial charge in [0.15, 0.2) is 0 Å². The van der Waals surface area contributed by atoms with E-state index in [0.29, 0.717) is 12.0 Å². The van der Waals surface area contributed by atoms with Crippen molar-refractivity contribution in [2.45, 2.75) is 17.8 Å². The van der Waals surface area contributed by atoms with Crippen molar-refractivity contribution in [3.8, 4) is 0 Å². The molecule has 3 heteroatoms. The molecule has 0 aliphatic heterocycles. The maximum Gasteiger partial charge on any atom is 0.272 e. The van der Waals surface area contributed by atoms with Crippen LogP contribution >= 0.6 is 0 Å². The first-order valence-corrected chi connectivity index (χ1v) is 16.3. The third kappa shape index (κ3) is 5.94. The molecular formula is C45H35NO2. The highest BCUT2D eigenvalue weighted by Gasteiger charge is 2.38. The molecule has 3 nitrogen and oxygen atoms in total. The molecule has 1 atom stereocenters. The predicted molar refractivity (Wildman–Crippen MR) is 194 cm³/mol. The highest BCUT2D eigenvalue weighted by atomic mass is 16.6. The molecular weight excluding hydrogens is 587 g/mol. The lowest BCUT2D eigenvalue weighted by Gasteiger charge is -2.37. The smallest absolute Gasteiger partial charge is 0.258 e. The van der Waals surface area contributed by atoms with E-state index in [2.05, 4.69) is 164 Å². The van der Waals surface area contributed by atoms with Crippen molar-refractivity contribution in [1.29, 1.82) is 0 Å². The first-order chi connectivity index (χ1) is 23.6.